The van der Waals surface area contributed by atoms with Crippen molar-refractivity contribution in [2.45, 2.75) is 77.0 Å². The zero-order valence-electron chi connectivity index (χ0n) is 16.8. The molecule has 3 rings (SSSR count). The first-order chi connectivity index (χ1) is 12.6. The number of rotatable bonds is 5. The van der Waals surface area contributed by atoms with Gasteiger partial charge in [-0.1, -0.05) is 12.1 Å². The average Bonchev–Trinajstić information content (AvgIpc) is 3.35. The van der Waals surface area contributed by atoms with E-state index in [1.807, 2.05) is 24.3 Å². The van der Waals surface area contributed by atoms with Crippen LogP contribution in [0.5, 0.6) is 0 Å². The summed E-state index contributed by atoms with van der Waals surface area (Å²) in [5, 5.41) is 12.6. The van der Waals surface area contributed by atoms with Crippen molar-refractivity contribution in [3.05, 3.63) is 29.8 Å². The number of hydrogen-bond donors (Lipinski definition) is 4. The second kappa shape index (κ2) is 7.50. The van der Waals surface area contributed by atoms with Gasteiger partial charge in [0.25, 0.3) is 0 Å². The molecule has 6 heteroatoms. The Labute approximate surface area is 161 Å². The number of carbonyl (C=O) groups excluding carboxylic acids is 2. The zero-order valence-corrected chi connectivity index (χ0v) is 16.8. The minimum atomic E-state index is -0.152. The van der Waals surface area contributed by atoms with E-state index in [2.05, 4.69) is 49.0 Å². The Morgan fingerprint density at radius 1 is 1.11 bits per heavy atom. The van der Waals surface area contributed by atoms with E-state index < -0.39 is 0 Å². The third-order valence-electron chi connectivity index (χ3n) is 5.12. The lowest BCUT2D eigenvalue weighted by Crippen LogP contribution is -2.62. The number of benzene rings is 1. The predicted octanol–water partition coefficient (Wildman–Crippen LogP) is 3.14. The van der Waals surface area contributed by atoms with Crippen molar-refractivity contribution in [3.8, 4) is 0 Å². The molecule has 0 atom stereocenters. The Morgan fingerprint density at radius 2 is 1.78 bits per heavy atom. The van der Waals surface area contributed by atoms with Crippen molar-refractivity contribution in [1.29, 1.82) is 0 Å². The molecule has 1 aromatic rings. The van der Waals surface area contributed by atoms with Gasteiger partial charge < -0.3 is 21.3 Å². The molecule has 1 aliphatic carbocycles. The number of amides is 3. The molecule has 0 unspecified atom stereocenters. The van der Waals surface area contributed by atoms with Crippen LogP contribution in [0.4, 0.5) is 10.5 Å². The SMILES string of the molecule is CC1(C)CC(NC(=O)NCc2cccc(NC(=O)C3CC3)c2)CC(C)(C)N1. The van der Waals surface area contributed by atoms with Crippen LogP contribution in [0.15, 0.2) is 24.3 Å². The normalized spacial score (nSPS) is 21.3. The molecule has 1 aliphatic heterocycles. The maximum atomic E-state index is 12.4. The molecule has 0 bridgehead atoms. The number of carbonyl (C=O) groups is 2. The van der Waals surface area contributed by atoms with E-state index in [1.165, 1.54) is 0 Å². The lowest BCUT2D eigenvalue weighted by Gasteiger charge is -2.46. The highest BCUT2D eigenvalue weighted by Gasteiger charge is 2.38. The highest BCUT2D eigenvalue weighted by atomic mass is 16.2. The summed E-state index contributed by atoms with van der Waals surface area (Å²) in [6, 6.07) is 7.63. The van der Waals surface area contributed by atoms with Crippen molar-refractivity contribution >= 4 is 17.6 Å². The molecule has 2 aliphatic rings. The highest BCUT2D eigenvalue weighted by molar-refractivity contribution is 5.94. The molecule has 0 radical (unpaired) electrons. The smallest absolute Gasteiger partial charge is 0.315 e. The van der Waals surface area contributed by atoms with Gasteiger partial charge in [0.15, 0.2) is 0 Å². The number of anilines is 1. The molecule has 27 heavy (non-hydrogen) atoms. The molecule has 1 saturated heterocycles. The van der Waals surface area contributed by atoms with Crippen molar-refractivity contribution in [1.82, 2.24) is 16.0 Å². The van der Waals surface area contributed by atoms with Crippen LogP contribution in [0.1, 0.15) is 58.9 Å². The Bertz CT molecular complexity index is 694. The zero-order chi connectivity index (χ0) is 19.7. The lowest BCUT2D eigenvalue weighted by molar-refractivity contribution is -0.117. The molecular weight excluding hydrogens is 340 g/mol. The Balaban J connectivity index is 1.49. The molecule has 2 fully saturated rings. The van der Waals surface area contributed by atoms with E-state index in [0.717, 1.165) is 36.9 Å². The van der Waals surface area contributed by atoms with Crippen LogP contribution in [0.3, 0.4) is 0 Å². The molecule has 0 aromatic heterocycles. The van der Waals surface area contributed by atoms with Crippen LogP contribution in [-0.4, -0.2) is 29.1 Å². The topological polar surface area (TPSA) is 82.3 Å². The minimum Gasteiger partial charge on any atom is -0.335 e. The summed E-state index contributed by atoms with van der Waals surface area (Å²) in [5.41, 5.74) is 1.74. The van der Waals surface area contributed by atoms with Gasteiger partial charge in [-0.3, -0.25) is 4.79 Å². The number of urea groups is 1. The van der Waals surface area contributed by atoms with E-state index in [9.17, 15) is 9.59 Å². The molecule has 1 heterocycles. The Morgan fingerprint density at radius 3 is 2.41 bits per heavy atom. The molecule has 148 valence electrons. The van der Waals surface area contributed by atoms with E-state index in [-0.39, 0.29) is 35.0 Å². The number of piperidine rings is 1. The van der Waals surface area contributed by atoms with Crippen LogP contribution in [0.2, 0.25) is 0 Å². The molecule has 6 nitrogen and oxygen atoms in total. The van der Waals surface area contributed by atoms with E-state index in [1.54, 1.807) is 0 Å². The summed E-state index contributed by atoms with van der Waals surface area (Å²) < 4.78 is 0. The largest absolute Gasteiger partial charge is 0.335 e. The van der Waals surface area contributed by atoms with Gasteiger partial charge in [-0.15, -0.1) is 0 Å². The summed E-state index contributed by atoms with van der Waals surface area (Å²) in [6.45, 7) is 9.10. The third kappa shape index (κ3) is 5.96. The van der Waals surface area contributed by atoms with Crippen molar-refractivity contribution < 1.29 is 9.59 Å². The first-order valence-electron chi connectivity index (χ1n) is 9.85. The predicted molar refractivity (Wildman–Crippen MR) is 107 cm³/mol. The Kier molecular flexibility index (Phi) is 5.47. The first kappa shape index (κ1) is 19.7. The summed E-state index contributed by atoms with van der Waals surface area (Å²) in [7, 11) is 0. The highest BCUT2D eigenvalue weighted by Crippen LogP contribution is 2.30. The van der Waals surface area contributed by atoms with Gasteiger partial charge in [-0.25, -0.2) is 4.79 Å². The van der Waals surface area contributed by atoms with Crippen molar-refractivity contribution in [2.75, 3.05) is 5.32 Å². The quantitative estimate of drug-likeness (QED) is 0.641. The van der Waals surface area contributed by atoms with E-state index in [4.69, 9.17) is 0 Å². The van der Waals surface area contributed by atoms with Gasteiger partial charge in [-0.2, -0.15) is 0 Å². The van der Waals surface area contributed by atoms with Gasteiger partial charge in [0.05, 0.1) is 0 Å². The molecule has 1 saturated carbocycles. The van der Waals surface area contributed by atoms with E-state index in [0.29, 0.717) is 6.54 Å². The number of hydrogen-bond acceptors (Lipinski definition) is 3. The maximum Gasteiger partial charge on any atom is 0.315 e. The van der Waals surface area contributed by atoms with Gasteiger partial charge in [0.1, 0.15) is 0 Å². The van der Waals surface area contributed by atoms with Gasteiger partial charge in [0.2, 0.25) is 5.91 Å². The fraction of sp³-hybridized carbons (Fsp3) is 0.619. The molecule has 3 amide bonds. The Hall–Kier alpha value is -2.08. The second-order valence-electron chi connectivity index (χ2n) is 9.29. The van der Waals surface area contributed by atoms with Gasteiger partial charge in [0, 0.05) is 35.3 Å². The van der Waals surface area contributed by atoms with Crippen LogP contribution < -0.4 is 21.3 Å². The van der Waals surface area contributed by atoms with Crippen molar-refractivity contribution in [3.63, 3.8) is 0 Å². The molecule has 0 spiro atoms. The summed E-state index contributed by atoms with van der Waals surface area (Å²) >= 11 is 0. The van der Waals surface area contributed by atoms with Crippen molar-refractivity contribution in [2.24, 2.45) is 5.92 Å². The van der Waals surface area contributed by atoms with Crippen LogP contribution in [0, 0.1) is 5.92 Å². The monoisotopic (exact) mass is 372 g/mol. The van der Waals surface area contributed by atoms with E-state index >= 15 is 0 Å². The fourth-order valence-electron chi connectivity index (χ4n) is 4.19. The number of nitrogens with one attached hydrogen (secondary N) is 4. The van der Waals surface area contributed by atoms with Gasteiger partial charge in [-0.05, 0) is 71.1 Å². The van der Waals surface area contributed by atoms with Crippen LogP contribution >= 0.6 is 0 Å². The summed E-state index contributed by atoms with van der Waals surface area (Å²) in [5.74, 6) is 0.269. The fourth-order valence-corrected chi connectivity index (χ4v) is 4.19. The molecular formula is C21H32N4O2. The second-order valence-corrected chi connectivity index (χ2v) is 9.29. The summed E-state index contributed by atoms with van der Waals surface area (Å²) in [4.78, 5) is 24.2. The van der Waals surface area contributed by atoms with Crippen LogP contribution in [-0.2, 0) is 11.3 Å². The maximum absolute atomic E-state index is 12.4. The molecule has 4 N–H and O–H groups in total. The average molecular weight is 373 g/mol. The lowest BCUT2D eigenvalue weighted by atomic mass is 9.80. The van der Waals surface area contributed by atoms with Gasteiger partial charge >= 0.3 is 6.03 Å². The summed E-state index contributed by atoms with van der Waals surface area (Å²) in [6.07, 6.45) is 3.76. The molecule has 1 aromatic carbocycles. The first-order valence-corrected chi connectivity index (χ1v) is 9.85. The standard InChI is InChI=1S/C21H32N4O2/c1-20(2)11-17(12-21(3,4)25-20)24-19(27)22-13-14-6-5-7-16(10-14)23-18(26)15-8-9-15/h5-7,10,15,17,25H,8-9,11-13H2,1-4H3,(H,23,26)(H2,22,24,27). The third-order valence-corrected chi connectivity index (χ3v) is 5.12. The van der Waals surface area contributed by atoms with Crippen LogP contribution in [0.25, 0.3) is 0 Å². The minimum absolute atomic E-state index is 0.00616.